The molecule has 1 aromatic rings. The molecule has 0 atom stereocenters. The Bertz CT molecular complexity index is 474. The van der Waals surface area contributed by atoms with Gasteiger partial charge in [0.15, 0.2) is 5.78 Å². The van der Waals surface area contributed by atoms with Gasteiger partial charge in [0.1, 0.15) is 0 Å². The van der Waals surface area contributed by atoms with Gasteiger partial charge < -0.3 is 4.90 Å². The van der Waals surface area contributed by atoms with E-state index < -0.39 is 0 Å². The van der Waals surface area contributed by atoms with Crippen molar-refractivity contribution in [3.8, 4) is 6.07 Å². The molecule has 74 valence electrons. The van der Waals surface area contributed by atoms with E-state index in [0.29, 0.717) is 11.3 Å². The summed E-state index contributed by atoms with van der Waals surface area (Å²) in [7, 11) is 0. The van der Waals surface area contributed by atoms with Crippen molar-refractivity contribution in [1.29, 1.82) is 5.26 Å². The third kappa shape index (κ3) is 1.72. The van der Waals surface area contributed by atoms with E-state index in [1.54, 1.807) is 24.3 Å². The van der Waals surface area contributed by atoms with Gasteiger partial charge in [0.05, 0.1) is 24.6 Å². The standard InChI is InChI=1S/C11H8N2O2/c12-6-8-2-1-3-9(4-8)13-7-10(14)5-11(13)15/h1-4H,5,7H2. The van der Waals surface area contributed by atoms with Gasteiger partial charge in [-0.05, 0) is 18.2 Å². The Balaban J connectivity index is 2.34. The van der Waals surface area contributed by atoms with Crippen molar-refractivity contribution in [1.82, 2.24) is 0 Å². The second kappa shape index (κ2) is 3.54. The van der Waals surface area contributed by atoms with Crippen LogP contribution < -0.4 is 4.90 Å². The van der Waals surface area contributed by atoms with E-state index >= 15 is 0 Å². The first-order valence-electron chi connectivity index (χ1n) is 4.53. The lowest BCUT2D eigenvalue weighted by atomic mass is 10.2. The highest BCUT2D eigenvalue weighted by Gasteiger charge is 2.28. The number of carbonyl (C=O) groups excluding carboxylic acids is 2. The normalized spacial score (nSPS) is 15.5. The smallest absolute Gasteiger partial charge is 0.234 e. The molecule has 0 spiro atoms. The second-order valence-corrected chi connectivity index (χ2v) is 3.36. The minimum Gasteiger partial charge on any atom is -0.305 e. The van der Waals surface area contributed by atoms with E-state index in [4.69, 9.17) is 5.26 Å². The predicted molar refractivity (Wildman–Crippen MR) is 53.1 cm³/mol. The molecule has 0 aliphatic carbocycles. The molecule has 0 saturated carbocycles. The molecule has 0 bridgehead atoms. The SMILES string of the molecule is N#Cc1cccc(N2CC(=O)CC2=O)c1. The Morgan fingerprint density at radius 1 is 1.33 bits per heavy atom. The molecule has 1 aliphatic rings. The molecule has 15 heavy (non-hydrogen) atoms. The fourth-order valence-electron chi connectivity index (χ4n) is 1.56. The zero-order valence-electron chi connectivity index (χ0n) is 7.93. The van der Waals surface area contributed by atoms with Crippen LogP contribution in [0.15, 0.2) is 24.3 Å². The Labute approximate surface area is 86.7 Å². The first kappa shape index (κ1) is 9.41. The topological polar surface area (TPSA) is 61.2 Å². The van der Waals surface area contributed by atoms with Crippen LogP contribution in [0.25, 0.3) is 0 Å². The number of anilines is 1. The molecule has 1 heterocycles. The van der Waals surface area contributed by atoms with Crippen molar-refractivity contribution in [2.75, 3.05) is 11.4 Å². The molecule has 4 nitrogen and oxygen atoms in total. The number of carbonyl (C=O) groups is 2. The van der Waals surface area contributed by atoms with Gasteiger partial charge in [0, 0.05) is 5.69 Å². The first-order chi connectivity index (χ1) is 7.20. The van der Waals surface area contributed by atoms with Gasteiger partial charge in [-0.25, -0.2) is 0 Å². The van der Waals surface area contributed by atoms with Gasteiger partial charge >= 0.3 is 0 Å². The second-order valence-electron chi connectivity index (χ2n) is 3.36. The third-order valence-electron chi connectivity index (χ3n) is 2.27. The fourth-order valence-corrected chi connectivity index (χ4v) is 1.56. The molecule has 0 unspecified atom stereocenters. The van der Waals surface area contributed by atoms with Crippen LogP contribution in [0.4, 0.5) is 5.69 Å². The van der Waals surface area contributed by atoms with Crippen LogP contribution in [0, 0.1) is 11.3 Å². The van der Waals surface area contributed by atoms with Crippen LogP contribution in [0.2, 0.25) is 0 Å². The molecule has 0 aromatic heterocycles. The van der Waals surface area contributed by atoms with Gasteiger partial charge in [0.2, 0.25) is 5.91 Å². The highest BCUT2D eigenvalue weighted by atomic mass is 16.2. The third-order valence-corrected chi connectivity index (χ3v) is 2.27. The van der Waals surface area contributed by atoms with Gasteiger partial charge in [-0.15, -0.1) is 0 Å². The monoisotopic (exact) mass is 200 g/mol. The van der Waals surface area contributed by atoms with Crippen molar-refractivity contribution in [2.24, 2.45) is 0 Å². The largest absolute Gasteiger partial charge is 0.305 e. The van der Waals surface area contributed by atoms with Gasteiger partial charge in [-0.2, -0.15) is 5.26 Å². The highest BCUT2D eigenvalue weighted by Crippen LogP contribution is 2.20. The molecule has 1 aliphatic heterocycles. The zero-order chi connectivity index (χ0) is 10.8. The maximum atomic E-state index is 11.4. The Kier molecular flexibility index (Phi) is 2.22. The van der Waals surface area contributed by atoms with E-state index in [0.717, 1.165) is 0 Å². The molecular weight excluding hydrogens is 192 g/mol. The summed E-state index contributed by atoms with van der Waals surface area (Å²) in [5, 5.41) is 8.70. The lowest BCUT2D eigenvalue weighted by Crippen LogP contribution is -2.24. The minimum absolute atomic E-state index is 0.0310. The lowest BCUT2D eigenvalue weighted by molar-refractivity contribution is -0.121. The van der Waals surface area contributed by atoms with Crippen molar-refractivity contribution in [2.45, 2.75) is 6.42 Å². The average Bonchev–Trinajstić information content (AvgIpc) is 2.58. The number of hydrogen-bond acceptors (Lipinski definition) is 3. The van der Waals surface area contributed by atoms with E-state index in [1.807, 2.05) is 6.07 Å². The lowest BCUT2D eigenvalue weighted by Gasteiger charge is -2.14. The van der Waals surface area contributed by atoms with Crippen LogP contribution in [-0.2, 0) is 9.59 Å². The zero-order valence-corrected chi connectivity index (χ0v) is 7.93. The van der Waals surface area contributed by atoms with Gasteiger partial charge in [-0.1, -0.05) is 6.07 Å². The Hall–Kier alpha value is -2.15. The molecule has 1 amide bonds. The summed E-state index contributed by atoms with van der Waals surface area (Å²) >= 11 is 0. The molecule has 0 radical (unpaired) electrons. The number of hydrogen-bond donors (Lipinski definition) is 0. The number of nitriles is 1. The van der Waals surface area contributed by atoms with Crippen LogP contribution in [-0.4, -0.2) is 18.2 Å². The maximum absolute atomic E-state index is 11.4. The summed E-state index contributed by atoms with van der Waals surface area (Å²) in [6.45, 7) is 0.119. The Morgan fingerprint density at radius 2 is 2.13 bits per heavy atom. The van der Waals surface area contributed by atoms with E-state index in [9.17, 15) is 9.59 Å². The number of amides is 1. The quantitative estimate of drug-likeness (QED) is 0.632. The van der Waals surface area contributed by atoms with Crippen LogP contribution in [0.3, 0.4) is 0 Å². The number of nitrogens with zero attached hydrogens (tertiary/aromatic N) is 2. The summed E-state index contributed by atoms with van der Waals surface area (Å²) in [6, 6.07) is 8.68. The van der Waals surface area contributed by atoms with Crippen molar-refractivity contribution in [3.63, 3.8) is 0 Å². The average molecular weight is 200 g/mol. The molecule has 1 saturated heterocycles. The van der Waals surface area contributed by atoms with Crippen LogP contribution in [0.5, 0.6) is 0 Å². The number of Topliss-reactive ketones (excluding diaryl/α,β-unsaturated/α-hetero) is 1. The molecule has 1 fully saturated rings. The first-order valence-corrected chi connectivity index (χ1v) is 4.53. The highest BCUT2D eigenvalue weighted by molar-refractivity contribution is 6.15. The number of ketones is 1. The van der Waals surface area contributed by atoms with E-state index in [2.05, 4.69) is 0 Å². The van der Waals surface area contributed by atoms with Crippen molar-refractivity contribution in [3.05, 3.63) is 29.8 Å². The van der Waals surface area contributed by atoms with Gasteiger partial charge in [0.25, 0.3) is 0 Å². The van der Waals surface area contributed by atoms with Gasteiger partial charge in [-0.3, -0.25) is 9.59 Å². The van der Waals surface area contributed by atoms with Crippen molar-refractivity contribution >= 4 is 17.4 Å². The summed E-state index contributed by atoms with van der Waals surface area (Å²) < 4.78 is 0. The predicted octanol–water partition coefficient (Wildman–Crippen LogP) is 0.864. The van der Waals surface area contributed by atoms with E-state index in [1.165, 1.54) is 4.90 Å². The number of benzene rings is 1. The maximum Gasteiger partial charge on any atom is 0.234 e. The summed E-state index contributed by atoms with van der Waals surface area (Å²) in [6.07, 6.45) is -0.0310. The van der Waals surface area contributed by atoms with Crippen LogP contribution in [0.1, 0.15) is 12.0 Å². The summed E-state index contributed by atoms with van der Waals surface area (Å²) in [5.41, 5.74) is 1.10. The summed E-state index contributed by atoms with van der Waals surface area (Å²) in [5.74, 6) is -0.280. The Morgan fingerprint density at radius 3 is 2.73 bits per heavy atom. The van der Waals surface area contributed by atoms with Crippen LogP contribution >= 0.6 is 0 Å². The molecule has 0 N–H and O–H groups in total. The summed E-state index contributed by atoms with van der Waals surface area (Å²) in [4.78, 5) is 23.9. The molecule has 4 heteroatoms. The molecule has 2 rings (SSSR count). The number of rotatable bonds is 1. The van der Waals surface area contributed by atoms with Crippen molar-refractivity contribution < 1.29 is 9.59 Å². The molecule has 1 aromatic carbocycles. The molecular formula is C11H8N2O2. The minimum atomic E-state index is -0.199. The fraction of sp³-hybridized carbons (Fsp3) is 0.182. The van der Waals surface area contributed by atoms with E-state index in [-0.39, 0.29) is 24.7 Å².